The third kappa shape index (κ3) is 1.70. The molecule has 4 heteroatoms. The zero-order chi connectivity index (χ0) is 10.0. The van der Waals surface area contributed by atoms with Crippen molar-refractivity contribution in [3.8, 4) is 11.8 Å². The molecule has 0 unspecified atom stereocenters. The number of nitrogens with zero attached hydrogens (tertiary/aromatic N) is 1. The number of rotatable bonds is 1. The van der Waals surface area contributed by atoms with E-state index >= 15 is 0 Å². The molecule has 0 amide bonds. The predicted octanol–water partition coefficient (Wildman–Crippen LogP) is 2.23. The molecule has 0 bridgehead atoms. The Morgan fingerprint density at radius 1 is 1.62 bits per heavy atom. The van der Waals surface area contributed by atoms with Gasteiger partial charge in [-0.15, -0.1) is 0 Å². The fraction of sp³-hybridized carbons (Fsp3) is 0.111. The van der Waals surface area contributed by atoms with E-state index in [1.54, 1.807) is 0 Å². The number of hydrogen-bond donors (Lipinski definition) is 1. The van der Waals surface area contributed by atoms with Gasteiger partial charge in [-0.25, -0.2) is 0 Å². The van der Waals surface area contributed by atoms with Crippen LogP contribution in [0.15, 0.2) is 16.6 Å². The number of aromatic hydroxyl groups is 1. The van der Waals surface area contributed by atoms with E-state index in [-0.39, 0.29) is 21.6 Å². The van der Waals surface area contributed by atoms with Gasteiger partial charge in [0.15, 0.2) is 5.78 Å². The fourth-order valence-electron chi connectivity index (χ4n) is 0.935. The van der Waals surface area contributed by atoms with Crippen molar-refractivity contribution in [1.29, 1.82) is 5.26 Å². The molecule has 0 aliphatic rings. The second-order valence-electron chi connectivity index (χ2n) is 2.49. The topological polar surface area (TPSA) is 61.1 Å². The molecule has 13 heavy (non-hydrogen) atoms. The van der Waals surface area contributed by atoms with Crippen molar-refractivity contribution in [3.63, 3.8) is 0 Å². The Kier molecular flexibility index (Phi) is 2.69. The number of benzene rings is 1. The van der Waals surface area contributed by atoms with E-state index in [0.29, 0.717) is 5.56 Å². The highest BCUT2D eigenvalue weighted by Crippen LogP contribution is 2.31. The van der Waals surface area contributed by atoms with Crippen LogP contribution in [0.2, 0.25) is 0 Å². The Labute approximate surface area is 83.7 Å². The minimum atomic E-state index is -0.234. The lowest BCUT2D eigenvalue weighted by Crippen LogP contribution is -1.94. The summed E-state index contributed by atoms with van der Waals surface area (Å²) in [5.41, 5.74) is 0.522. The van der Waals surface area contributed by atoms with Gasteiger partial charge in [0.1, 0.15) is 11.8 Å². The molecule has 0 saturated carbocycles. The van der Waals surface area contributed by atoms with Gasteiger partial charge < -0.3 is 5.11 Å². The van der Waals surface area contributed by atoms with Gasteiger partial charge in [0, 0.05) is 0 Å². The smallest absolute Gasteiger partial charge is 0.163 e. The number of carbonyl (C=O) groups is 1. The Hall–Kier alpha value is -1.34. The molecule has 1 aromatic rings. The highest BCUT2D eigenvalue weighted by molar-refractivity contribution is 9.10. The molecule has 0 saturated heterocycles. The van der Waals surface area contributed by atoms with Crippen molar-refractivity contribution < 1.29 is 9.90 Å². The average molecular weight is 240 g/mol. The number of phenolic OH excluding ortho intramolecular Hbond substituents is 1. The first kappa shape index (κ1) is 9.75. The summed E-state index contributed by atoms with van der Waals surface area (Å²) in [6.45, 7) is 1.35. The molecule has 3 nitrogen and oxygen atoms in total. The normalized spacial score (nSPS) is 9.31. The predicted molar refractivity (Wildman–Crippen MR) is 50.5 cm³/mol. The van der Waals surface area contributed by atoms with Crippen molar-refractivity contribution in [2.45, 2.75) is 6.92 Å². The zero-order valence-corrected chi connectivity index (χ0v) is 8.42. The quantitative estimate of drug-likeness (QED) is 0.765. The Morgan fingerprint density at radius 3 is 2.69 bits per heavy atom. The molecular formula is C9H6BrNO2. The van der Waals surface area contributed by atoms with Gasteiger partial charge in [-0.05, 0) is 35.0 Å². The lowest BCUT2D eigenvalue weighted by atomic mass is 10.1. The standard InChI is InChI=1S/C9H6BrNO2/c1-5(12)7-3-2-6(4-11)8(10)9(7)13/h2-3,13H,1H3. The van der Waals surface area contributed by atoms with Crippen LogP contribution in [0.5, 0.6) is 5.75 Å². The molecule has 0 spiro atoms. The van der Waals surface area contributed by atoms with E-state index in [0.717, 1.165) is 0 Å². The molecule has 1 rings (SSSR count). The molecule has 1 aromatic carbocycles. The first-order valence-electron chi connectivity index (χ1n) is 3.50. The van der Waals surface area contributed by atoms with E-state index in [4.69, 9.17) is 5.26 Å². The van der Waals surface area contributed by atoms with E-state index in [1.165, 1.54) is 19.1 Å². The fourth-order valence-corrected chi connectivity index (χ4v) is 1.37. The minimum absolute atomic E-state index is 0.174. The number of halogens is 1. The monoisotopic (exact) mass is 239 g/mol. The van der Waals surface area contributed by atoms with Gasteiger partial charge in [0.25, 0.3) is 0 Å². The van der Waals surface area contributed by atoms with Crippen LogP contribution in [0.25, 0.3) is 0 Å². The summed E-state index contributed by atoms with van der Waals surface area (Å²) in [7, 11) is 0. The molecule has 0 aromatic heterocycles. The van der Waals surface area contributed by atoms with Crippen molar-refractivity contribution in [1.82, 2.24) is 0 Å². The van der Waals surface area contributed by atoms with Gasteiger partial charge >= 0.3 is 0 Å². The van der Waals surface area contributed by atoms with Crippen LogP contribution in [0.4, 0.5) is 0 Å². The summed E-state index contributed by atoms with van der Waals surface area (Å²) in [5, 5.41) is 18.1. The number of nitriles is 1. The van der Waals surface area contributed by atoms with Gasteiger partial charge in [-0.2, -0.15) is 5.26 Å². The van der Waals surface area contributed by atoms with Crippen LogP contribution in [0.1, 0.15) is 22.8 Å². The third-order valence-corrected chi connectivity index (χ3v) is 2.42. The number of Topliss-reactive ketones (excluding diaryl/α,β-unsaturated/α-hetero) is 1. The number of ketones is 1. The molecule has 66 valence electrons. The molecule has 0 fully saturated rings. The Morgan fingerprint density at radius 2 is 2.23 bits per heavy atom. The van der Waals surface area contributed by atoms with Crippen molar-refractivity contribution >= 4 is 21.7 Å². The third-order valence-electron chi connectivity index (χ3n) is 1.62. The van der Waals surface area contributed by atoms with E-state index in [9.17, 15) is 9.90 Å². The first-order chi connectivity index (χ1) is 6.07. The van der Waals surface area contributed by atoms with Crippen LogP contribution in [-0.2, 0) is 0 Å². The van der Waals surface area contributed by atoms with Gasteiger partial charge in [0.2, 0.25) is 0 Å². The van der Waals surface area contributed by atoms with Gasteiger partial charge in [-0.3, -0.25) is 4.79 Å². The second kappa shape index (κ2) is 3.58. The number of carbonyl (C=O) groups excluding carboxylic acids is 1. The zero-order valence-electron chi connectivity index (χ0n) is 6.84. The molecule has 1 N–H and O–H groups in total. The van der Waals surface area contributed by atoms with Crippen LogP contribution in [0.3, 0.4) is 0 Å². The number of phenols is 1. The van der Waals surface area contributed by atoms with Crippen molar-refractivity contribution in [3.05, 3.63) is 27.7 Å². The number of hydrogen-bond acceptors (Lipinski definition) is 3. The first-order valence-corrected chi connectivity index (χ1v) is 4.29. The van der Waals surface area contributed by atoms with Crippen molar-refractivity contribution in [2.24, 2.45) is 0 Å². The molecule has 0 aliphatic heterocycles. The SMILES string of the molecule is CC(=O)c1ccc(C#N)c(Br)c1O. The Balaban J connectivity index is 3.42. The van der Waals surface area contributed by atoms with Gasteiger partial charge in [0.05, 0.1) is 15.6 Å². The van der Waals surface area contributed by atoms with Crippen LogP contribution >= 0.6 is 15.9 Å². The average Bonchev–Trinajstić information content (AvgIpc) is 2.09. The summed E-state index contributed by atoms with van der Waals surface area (Å²) in [6.07, 6.45) is 0. The summed E-state index contributed by atoms with van der Waals surface area (Å²) in [6, 6.07) is 4.80. The van der Waals surface area contributed by atoms with Crippen LogP contribution in [0, 0.1) is 11.3 Å². The highest BCUT2D eigenvalue weighted by Gasteiger charge is 2.12. The molecule has 0 heterocycles. The van der Waals surface area contributed by atoms with E-state index in [2.05, 4.69) is 15.9 Å². The summed E-state index contributed by atoms with van der Waals surface area (Å²) in [4.78, 5) is 11.0. The molecule has 0 radical (unpaired) electrons. The summed E-state index contributed by atoms with van der Waals surface area (Å²) >= 11 is 3.03. The maximum absolute atomic E-state index is 11.0. The minimum Gasteiger partial charge on any atom is -0.506 e. The van der Waals surface area contributed by atoms with Gasteiger partial charge in [-0.1, -0.05) is 0 Å². The maximum atomic E-state index is 11.0. The van der Waals surface area contributed by atoms with Crippen LogP contribution < -0.4 is 0 Å². The highest BCUT2D eigenvalue weighted by atomic mass is 79.9. The molecule has 0 atom stereocenters. The lowest BCUT2D eigenvalue weighted by Gasteiger charge is -2.03. The molecule has 0 aliphatic carbocycles. The summed E-state index contributed by atoms with van der Waals surface area (Å²) in [5.74, 6) is -0.408. The second-order valence-corrected chi connectivity index (χ2v) is 3.28. The largest absolute Gasteiger partial charge is 0.506 e. The van der Waals surface area contributed by atoms with Crippen molar-refractivity contribution in [2.75, 3.05) is 0 Å². The van der Waals surface area contributed by atoms with E-state index < -0.39 is 0 Å². The Bertz CT molecular complexity index is 407. The summed E-state index contributed by atoms with van der Waals surface area (Å²) < 4.78 is 0.266. The maximum Gasteiger partial charge on any atom is 0.163 e. The molecular weight excluding hydrogens is 234 g/mol. The van der Waals surface area contributed by atoms with E-state index in [1.807, 2.05) is 6.07 Å². The lowest BCUT2D eigenvalue weighted by molar-refractivity contribution is 0.101. The van der Waals surface area contributed by atoms with Crippen LogP contribution in [-0.4, -0.2) is 10.9 Å².